The number of quaternary nitrogens is 1. The second-order valence-corrected chi connectivity index (χ2v) is 10.5. The zero-order valence-electron chi connectivity index (χ0n) is 22.4. The monoisotopic (exact) mass is 458 g/mol. The molecule has 1 atom stereocenters. The number of carboxylic acid groups (broad SMARTS) is 1. The smallest absolute Gasteiger partial charge is 0.320 e. The van der Waals surface area contributed by atoms with Gasteiger partial charge in [-0.2, -0.15) is 0 Å². The molecule has 0 spiro atoms. The maximum absolute atomic E-state index is 10.1. The minimum atomic E-state index is -0.933. The van der Waals surface area contributed by atoms with E-state index in [2.05, 4.69) is 28.1 Å². The highest BCUT2D eigenvalue weighted by atomic mass is 16.4. The van der Waals surface area contributed by atoms with Gasteiger partial charge in [0.1, 0.15) is 6.04 Å². The third-order valence-corrected chi connectivity index (χ3v) is 5.97. The molecule has 0 fully saturated rings. The van der Waals surface area contributed by atoms with Crippen molar-refractivity contribution in [1.29, 1.82) is 0 Å². The Balaban J connectivity index is 0. The third-order valence-electron chi connectivity index (χ3n) is 5.97. The van der Waals surface area contributed by atoms with Crippen molar-refractivity contribution in [2.24, 2.45) is 11.5 Å². The summed E-state index contributed by atoms with van der Waals surface area (Å²) in [4.78, 5) is 10.1. The van der Waals surface area contributed by atoms with E-state index in [4.69, 9.17) is 16.6 Å². The van der Waals surface area contributed by atoms with Crippen LogP contribution in [0.5, 0.6) is 0 Å². The van der Waals surface area contributed by atoms with Crippen LogP contribution in [0.3, 0.4) is 0 Å². The first-order valence-corrected chi connectivity index (χ1v) is 13.7. The van der Waals surface area contributed by atoms with Crippen LogP contribution in [-0.2, 0) is 4.79 Å². The van der Waals surface area contributed by atoms with Crippen LogP contribution in [0.25, 0.3) is 0 Å². The normalized spacial score (nSPS) is 12.3. The van der Waals surface area contributed by atoms with E-state index in [0.717, 1.165) is 17.3 Å². The third kappa shape index (κ3) is 31.5. The van der Waals surface area contributed by atoms with Crippen molar-refractivity contribution in [2.75, 3.05) is 34.2 Å². The molecule has 1 unspecified atom stereocenters. The molecule has 0 saturated carbocycles. The maximum Gasteiger partial charge on any atom is 0.320 e. The predicted octanol–water partition coefficient (Wildman–Crippen LogP) is 6.48. The van der Waals surface area contributed by atoms with Gasteiger partial charge in [-0.1, -0.05) is 103 Å². The van der Waals surface area contributed by atoms with Crippen LogP contribution in [0.2, 0.25) is 0 Å². The summed E-state index contributed by atoms with van der Waals surface area (Å²) < 4.78 is 1.12. The average molecular weight is 459 g/mol. The van der Waals surface area contributed by atoms with Gasteiger partial charge in [-0.15, -0.1) is 0 Å². The quantitative estimate of drug-likeness (QED) is 0.128. The van der Waals surface area contributed by atoms with Gasteiger partial charge in [-0.05, 0) is 32.2 Å². The first kappa shape index (κ1) is 33.5. The molecule has 0 amide bonds. The molecule has 5 heteroatoms. The number of rotatable bonds is 22. The summed E-state index contributed by atoms with van der Waals surface area (Å²) in [6.45, 7) is 4.23. The first-order chi connectivity index (χ1) is 15.2. The lowest BCUT2D eigenvalue weighted by Gasteiger charge is -2.23. The highest BCUT2D eigenvalue weighted by molar-refractivity contribution is 5.72. The van der Waals surface area contributed by atoms with E-state index in [9.17, 15) is 4.79 Å². The van der Waals surface area contributed by atoms with Crippen molar-refractivity contribution in [2.45, 2.75) is 135 Å². The molecular formula is C27H60N3O2+. The fraction of sp³-hybridized carbons (Fsp3) is 0.963. The summed E-state index contributed by atoms with van der Waals surface area (Å²) in [5, 5.41) is 8.33. The second-order valence-electron chi connectivity index (χ2n) is 10.5. The highest BCUT2D eigenvalue weighted by Crippen LogP contribution is 2.13. The van der Waals surface area contributed by atoms with Gasteiger partial charge < -0.3 is 21.1 Å². The molecule has 0 rings (SSSR count). The standard InChI is InChI=1S/C21H46N.C6H14N2O2/c1-5-6-7-8-9-10-11-12-13-14-15-16-17-18-19-20-21-22(2,3)4;7-4-2-1-3-5(8)6(9)10/h5-21H2,1-4H3;5H,1-4,7-8H2,(H,9,10)/q+1;. The van der Waals surface area contributed by atoms with Gasteiger partial charge in [0.25, 0.3) is 0 Å². The van der Waals surface area contributed by atoms with E-state index < -0.39 is 12.0 Å². The Morgan fingerprint density at radius 2 is 1.06 bits per heavy atom. The zero-order chi connectivity index (χ0) is 24.5. The summed E-state index contributed by atoms with van der Waals surface area (Å²) >= 11 is 0. The van der Waals surface area contributed by atoms with E-state index in [1.54, 1.807) is 0 Å². The van der Waals surface area contributed by atoms with Gasteiger partial charge in [0.15, 0.2) is 0 Å². The summed E-state index contributed by atoms with van der Waals surface area (Å²) in [7, 11) is 6.89. The summed E-state index contributed by atoms with van der Waals surface area (Å²) in [6.07, 6.45) is 25.5. The van der Waals surface area contributed by atoms with Crippen LogP contribution < -0.4 is 11.5 Å². The minimum Gasteiger partial charge on any atom is -0.480 e. The second kappa shape index (κ2) is 25.0. The Labute approximate surface area is 201 Å². The number of nitrogens with zero attached hydrogens (tertiary/aromatic N) is 1. The SMILES string of the molecule is CCCCCCCCCCCCCCCCCC[N+](C)(C)C.NCCCCC(N)C(=O)O. The fourth-order valence-electron chi connectivity index (χ4n) is 3.77. The number of nitrogens with two attached hydrogens (primary N) is 2. The maximum atomic E-state index is 10.1. The molecule has 0 bridgehead atoms. The van der Waals surface area contributed by atoms with Crippen LogP contribution in [-0.4, -0.2) is 55.8 Å². The Morgan fingerprint density at radius 3 is 1.38 bits per heavy atom. The molecular weight excluding hydrogens is 398 g/mol. The van der Waals surface area contributed by atoms with E-state index in [-0.39, 0.29) is 0 Å². The minimum absolute atomic E-state index is 0.520. The molecule has 0 aliphatic heterocycles. The lowest BCUT2D eigenvalue weighted by atomic mass is 10.0. The Bertz CT molecular complexity index is 384. The lowest BCUT2D eigenvalue weighted by molar-refractivity contribution is -0.870. The number of carbonyl (C=O) groups is 1. The Hall–Kier alpha value is -0.650. The van der Waals surface area contributed by atoms with Gasteiger partial charge in [-0.25, -0.2) is 0 Å². The molecule has 0 aromatic rings. The molecule has 0 aromatic heterocycles. The van der Waals surface area contributed by atoms with Gasteiger partial charge in [-0.3, -0.25) is 4.79 Å². The number of carboxylic acids is 1. The number of hydrogen-bond acceptors (Lipinski definition) is 3. The van der Waals surface area contributed by atoms with Crippen LogP contribution in [0, 0.1) is 0 Å². The van der Waals surface area contributed by atoms with Gasteiger partial charge in [0, 0.05) is 0 Å². The van der Waals surface area contributed by atoms with Crippen LogP contribution >= 0.6 is 0 Å². The van der Waals surface area contributed by atoms with E-state index in [0.29, 0.717) is 13.0 Å². The molecule has 32 heavy (non-hydrogen) atoms. The molecule has 0 heterocycles. The molecule has 0 aliphatic carbocycles. The van der Waals surface area contributed by atoms with Crippen molar-refractivity contribution in [3.8, 4) is 0 Å². The molecule has 5 N–H and O–H groups in total. The van der Waals surface area contributed by atoms with Crippen LogP contribution in [0.4, 0.5) is 0 Å². The Kier molecular flexibility index (Phi) is 26.2. The zero-order valence-corrected chi connectivity index (χ0v) is 22.4. The summed E-state index contributed by atoms with van der Waals surface area (Å²) in [5.41, 5.74) is 10.4. The lowest BCUT2D eigenvalue weighted by Crippen LogP contribution is -2.35. The van der Waals surface area contributed by atoms with Crippen LogP contribution in [0.1, 0.15) is 129 Å². The van der Waals surface area contributed by atoms with Gasteiger partial charge >= 0.3 is 5.97 Å². The topological polar surface area (TPSA) is 89.3 Å². The van der Waals surface area contributed by atoms with Crippen molar-refractivity contribution in [1.82, 2.24) is 0 Å². The van der Waals surface area contributed by atoms with E-state index >= 15 is 0 Å². The van der Waals surface area contributed by atoms with Crippen molar-refractivity contribution in [3.63, 3.8) is 0 Å². The van der Waals surface area contributed by atoms with E-state index in [1.165, 1.54) is 109 Å². The highest BCUT2D eigenvalue weighted by Gasteiger charge is 2.09. The summed E-state index contributed by atoms with van der Waals surface area (Å²) in [5.74, 6) is -0.933. The number of hydrogen-bond donors (Lipinski definition) is 3. The van der Waals surface area contributed by atoms with Crippen molar-refractivity contribution in [3.05, 3.63) is 0 Å². The largest absolute Gasteiger partial charge is 0.480 e. The van der Waals surface area contributed by atoms with E-state index in [1.807, 2.05) is 0 Å². The molecule has 0 aliphatic rings. The molecule has 0 saturated heterocycles. The van der Waals surface area contributed by atoms with Crippen LogP contribution in [0.15, 0.2) is 0 Å². The number of unbranched alkanes of at least 4 members (excludes halogenated alkanes) is 16. The Morgan fingerprint density at radius 1 is 0.688 bits per heavy atom. The molecule has 0 radical (unpaired) electrons. The van der Waals surface area contributed by atoms with Gasteiger partial charge in [0.05, 0.1) is 27.7 Å². The molecule has 194 valence electrons. The van der Waals surface area contributed by atoms with Crippen molar-refractivity contribution < 1.29 is 14.4 Å². The fourth-order valence-corrected chi connectivity index (χ4v) is 3.77. The van der Waals surface area contributed by atoms with Gasteiger partial charge in [0.2, 0.25) is 0 Å². The average Bonchev–Trinajstić information content (AvgIpc) is 2.73. The first-order valence-electron chi connectivity index (χ1n) is 13.7. The molecule has 5 nitrogen and oxygen atoms in total. The summed E-state index contributed by atoms with van der Waals surface area (Å²) in [6, 6.07) is -0.716. The predicted molar refractivity (Wildman–Crippen MR) is 141 cm³/mol. The number of aliphatic carboxylic acids is 1. The molecule has 0 aromatic carbocycles. The van der Waals surface area contributed by atoms with Crippen molar-refractivity contribution >= 4 is 5.97 Å².